The first-order chi connectivity index (χ1) is 29.1. The van der Waals surface area contributed by atoms with Gasteiger partial charge in [-0.15, -0.1) is 0 Å². The predicted molar refractivity (Wildman–Crippen MR) is 256 cm³/mol. The first-order valence-corrected chi connectivity index (χ1v) is 24.5. The van der Waals surface area contributed by atoms with E-state index in [9.17, 15) is 20.4 Å². The summed E-state index contributed by atoms with van der Waals surface area (Å²) in [6.45, 7) is 22.7. The van der Waals surface area contributed by atoms with E-state index in [-0.39, 0.29) is 39.9 Å². The second kappa shape index (κ2) is 19.2. The van der Waals surface area contributed by atoms with Gasteiger partial charge in [0.2, 0.25) is 0 Å². The summed E-state index contributed by atoms with van der Waals surface area (Å²) in [5.74, 6) is 3.81. The van der Waals surface area contributed by atoms with E-state index in [1.165, 1.54) is 35.1 Å². The Hall–Kier alpha value is -3.92. The second-order valence-electron chi connectivity index (χ2n) is 20.3. The lowest BCUT2D eigenvalue weighted by atomic mass is 9.51. The molecule has 0 aliphatic heterocycles. The van der Waals surface area contributed by atoms with E-state index in [0.717, 1.165) is 99.3 Å². The predicted octanol–water partition coefficient (Wildman–Crippen LogP) is 16.0. The van der Waals surface area contributed by atoms with E-state index in [1.54, 1.807) is 0 Å². The molecule has 2 aliphatic rings. The third kappa shape index (κ3) is 8.86. The summed E-state index contributed by atoms with van der Waals surface area (Å²) >= 11 is 0. The van der Waals surface area contributed by atoms with Crippen molar-refractivity contribution in [2.24, 2.45) is 17.3 Å². The van der Waals surface area contributed by atoms with Crippen LogP contribution in [0, 0.1) is 17.3 Å². The molecule has 4 heteroatoms. The highest BCUT2D eigenvalue weighted by Gasteiger charge is 2.50. The van der Waals surface area contributed by atoms with Crippen molar-refractivity contribution in [1.82, 2.24) is 0 Å². The van der Waals surface area contributed by atoms with E-state index in [2.05, 4.69) is 118 Å². The molecular weight excluding hydrogens is 749 g/mol. The molecule has 0 heterocycles. The number of hydrogen-bond donors (Lipinski definition) is 4. The lowest BCUT2D eigenvalue weighted by Gasteiger charge is -2.53. The summed E-state index contributed by atoms with van der Waals surface area (Å²) in [5, 5.41) is 44.3. The lowest BCUT2D eigenvalue weighted by molar-refractivity contribution is 0.0122. The fourth-order valence-corrected chi connectivity index (χ4v) is 12.2. The van der Waals surface area contributed by atoms with Crippen molar-refractivity contribution in [1.29, 1.82) is 0 Å². The van der Waals surface area contributed by atoms with Gasteiger partial charge in [0, 0.05) is 10.8 Å². The Morgan fingerprint density at radius 3 is 0.918 bits per heavy atom. The van der Waals surface area contributed by atoms with Crippen LogP contribution in [0.4, 0.5) is 0 Å². The van der Waals surface area contributed by atoms with Crippen molar-refractivity contribution in [3.63, 3.8) is 0 Å². The zero-order chi connectivity index (χ0) is 44.3. The zero-order valence-electron chi connectivity index (χ0n) is 39.6. The van der Waals surface area contributed by atoms with Crippen LogP contribution in [0.15, 0.2) is 72.8 Å². The maximum Gasteiger partial charge on any atom is 0.119 e. The summed E-state index contributed by atoms with van der Waals surface area (Å²) < 4.78 is 0. The van der Waals surface area contributed by atoms with Crippen molar-refractivity contribution >= 4 is 0 Å². The Labute approximate surface area is 370 Å². The fraction of sp³-hybridized carbons (Fsp3) is 0.579. The molecule has 4 aromatic carbocycles. The van der Waals surface area contributed by atoms with Gasteiger partial charge in [-0.1, -0.05) is 124 Å². The van der Waals surface area contributed by atoms with Crippen LogP contribution in [0.25, 0.3) is 0 Å². The molecule has 4 unspecified atom stereocenters. The van der Waals surface area contributed by atoms with Gasteiger partial charge >= 0.3 is 0 Å². The normalized spacial score (nSPS) is 25.0. The Balaban J connectivity index is 1.37. The number of phenols is 4. The van der Waals surface area contributed by atoms with Crippen LogP contribution in [-0.2, 0) is 10.8 Å². The minimum absolute atomic E-state index is 0.189. The first-order valence-electron chi connectivity index (χ1n) is 24.5. The van der Waals surface area contributed by atoms with Gasteiger partial charge in [0.15, 0.2) is 0 Å². The van der Waals surface area contributed by atoms with Gasteiger partial charge in [-0.05, 0) is 193 Å². The van der Waals surface area contributed by atoms with Gasteiger partial charge in [0.1, 0.15) is 23.0 Å². The molecule has 0 saturated heterocycles. The van der Waals surface area contributed by atoms with Gasteiger partial charge in [0.25, 0.3) is 0 Å². The summed E-state index contributed by atoms with van der Waals surface area (Å²) in [6, 6.07) is 25.8. The highest BCUT2D eigenvalue weighted by molar-refractivity contribution is 5.52. The molecule has 2 fully saturated rings. The SMILES string of the molecule is CCCC(C)(C1CCC(c2ccc(O)c(C(C)CC)c2)(c2ccc(O)c(C(C)CC)c2)CC1)C1CCC(c2ccc(O)c(C(C)CC)c2)(c2ccc(O)c(C(C)CC)c2)CC1. The minimum atomic E-state index is -0.199. The first kappa shape index (κ1) is 46.6. The summed E-state index contributed by atoms with van der Waals surface area (Å²) in [6.07, 6.45) is 15.0. The summed E-state index contributed by atoms with van der Waals surface area (Å²) in [4.78, 5) is 0. The van der Waals surface area contributed by atoms with Gasteiger partial charge in [-0.25, -0.2) is 0 Å². The van der Waals surface area contributed by atoms with E-state index < -0.39 is 0 Å². The van der Waals surface area contributed by atoms with Gasteiger partial charge in [-0.2, -0.15) is 0 Å². The van der Waals surface area contributed by atoms with Crippen molar-refractivity contribution in [2.75, 3.05) is 0 Å². The molecule has 2 saturated carbocycles. The number of rotatable bonds is 16. The number of aromatic hydroxyl groups is 4. The molecule has 61 heavy (non-hydrogen) atoms. The highest BCUT2D eigenvalue weighted by atomic mass is 16.3. The standard InChI is InChI=1S/C57H80O4/c1-11-28-55(10,41-24-29-56(30-25-41,43-16-20-51(58)47(33-43)37(6)12-2)44-17-21-52(59)48(34-44)38(7)13-3)42-26-31-57(32-27-42,45-18-22-53(60)49(35-45)39(8)14-4)46-19-23-54(61)50(36-46)40(9)15-5/h16-23,33-42,58-61H,11-15,24-32H2,1-10H3. The summed E-state index contributed by atoms with van der Waals surface area (Å²) in [7, 11) is 0. The van der Waals surface area contributed by atoms with Crippen LogP contribution in [-0.4, -0.2) is 20.4 Å². The number of hydrogen-bond acceptors (Lipinski definition) is 4. The molecule has 6 rings (SSSR count). The Morgan fingerprint density at radius 2 is 0.705 bits per heavy atom. The molecular formula is C57H80O4. The van der Waals surface area contributed by atoms with Crippen LogP contribution < -0.4 is 0 Å². The van der Waals surface area contributed by atoms with E-state index >= 15 is 0 Å². The van der Waals surface area contributed by atoms with E-state index in [4.69, 9.17) is 0 Å². The van der Waals surface area contributed by atoms with E-state index in [1.807, 2.05) is 24.3 Å². The Morgan fingerprint density at radius 1 is 0.459 bits per heavy atom. The van der Waals surface area contributed by atoms with Gasteiger partial charge < -0.3 is 20.4 Å². The molecule has 0 aromatic heterocycles. The average Bonchev–Trinajstić information content (AvgIpc) is 3.28. The van der Waals surface area contributed by atoms with Crippen molar-refractivity contribution < 1.29 is 20.4 Å². The smallest absolute Gasteiger partial charge is 0.119 e. The fourth-order valence-electron chi connectivity index (χ4n) is 12.2. The third-order valence-electron chi connectivity index (χ3n) is 17.2. The number of phenolic OH excluding ortho intramolecular Hbond substituents is 4. The molecule has 4 nitrogen and oxygen atoms in total. The van der Waals surface area contributed by atoms with Crippen LogP contribution >= 0.6 is 0 Å². The maximum atomic E-state index is 11.1. The van der Waals surface area contributed by atoms with Crippen LogP contribution in [0.5, 0.6) is 23.0 Å². The zero-order valence-corrected chi connectivity index (χ0v) is 39.6. The largest absolute Gasteiger partial charge is 0.508 e. The van der Waals surface area contributed by atoms with Crippen molar-refractivity contribution in [2.45, 2.75) is 194 Å². The Kier molecular flexibility index (Phi) is 14.7. The van der Waals surface area contributed by atoms with E-state index in [0.29, 0.717) is 34.8 Å². The van der Waals surface area contributed by atoms with Crippen LogP contribution in [0.2, 0.25) is 0 Å². The molecule has 4 aromatic rings. The molecule has 4 N–H and O–H groups in total. The molecule has 0 spiro atoms. The maximum absolute atomic E-state index is 11.1. The van der Waals surface area contributed by atoms with Crippen LogP contribution in [0.3, 0.4) is 0 Å². The second-order valence-corrected chi connectivity index (χ2v) is 20.3. The topological polar surface area (TPSA) is 80.9 Å². The molecule has 2 aliphatic carbocycles. The molecule has 332 valence electrons. The monoisotopic (exact) mass is 829 g/mol. The highest BCUT2D eigenvalue weighted by Crippen LogP contribution is 2.59. The third-order valence-corrected chi connectivity index (χ3v) is 17.2. The van der Waals surface area contributed by atoms with Crippen molar-refractivity contribution in [3.05, 3.63) is 117 Å². The number of benzene rings is 4. The van der Waals surface area contributed by atoms with Crippen LogP contribution in [0.1, 0.15) is 227 Å². The van der Waals surface area contributed by atoms with Gasteiger partial charge in [-0.3, -0.25) is 0 Å². The van der Waals surface area contributed by atoms with Crippen molar-refractivity contribution in [3.8, 4) is 23.0 Å². The molecule has 0 amide bonds. The quantitative estimate of drug-likeness (QED) is 0.0907. The summed E-state index contributed by atoms with van der Waals surface area (Å²) in [5.41, 5.74) is 9.16. The minimum Gasteiger partial charge on any atom is -0.508 e. The average molecular weight is 829 g/mol. The molecule has 0 radical (unpaired) electrons. The lowest BCUT2D eigenvalue weighted by Crippen LogP contribution is -2.44. The molecule has 0 bridgehead atoms. The Bertz CT molecular complexity index is 1810. The van der Waals surface area contributed by atoms with Gasteiger partial charge in [0.05, 0.1) is 0 Å². The molecule has 4 atom stereocenters.